The molecule has 168 valence electrons. The summed E-state index contributed by atoms with van der Waals surface area (Å²) in [5.41, 5.74) is 4.37. The number of hydrogen-bond acceptors (Lipinski definition) is 5. The molecule has 0 radical (unpaired) electrons. The minimum Gasteiger partial charge on any atom is -0.422 e. The summed E-state index contributed by atoms with van der Waals surface area (Å²) in [6.07, 6.45) is 1.32. The maximum atomic E-state index is 12.9. The van der Waals surface area contributed by atoms with E-state index in [-0.39, 0.29) is 17.9 Å². The molecule has 2 amide bonds. The molecular formula is C24H19BrFN3O4. The van der Waals surface area contributed by atoms with E-state index < -0.39 is 23.6 Å². The molecule has 3 aromatic rings. The van der Waals surface area contributed by atoms with Gasteiger partial charge in [-0.3, -0.25) is 9.59 Å². The van der Waals surface area contributed by atoms with Crippen LogP contribution in [0.2, 0.25) is 0 Å². The van der Waals surface area contributed by atoms with Crippen molar-refractivity contribution in [3.8, 4) is 5.75 Å². The number of carbonyl (C=O) groups is 3. The number of hydrogen-bond donors (Lipinski definition) is 2. The van der Waals surface area contributed by atoms with Crippen molar-refractivity contribution >= 4 is 39.9 Å². The predicted molar refractivity (Wildman–Crippen MR) is 125 cm³/mol. The fourth-order valence-corrected chi connectivity index (χ4v) is 3.02. The zero-order chi connectivity index (χ0) is 23.8. The lowest BCUT2D eigenvalue weighted by Crippen LogP contribution is -2.34. The number of halogens is 2. The number of rotatable bonds is 7. The summed E-state index contributed by atoms with van der Waals surface area (Å²) in [6, 6.07) is 16.9. The van der Waals surface area contributed by atoms with Gasteiger partial charge >= 0.3 is 5.97 Å². The van der Waals surface area contributed by atoms with Crippen LogP contribution in [0.1, 0.15) is 31.8 Å². The summed E-state index contributed by atoms with van der Waals surface area (Å²) in [4.78, 5) is 36.4. The average Bonchev–Trinajstić information content (AvgIpc) is 2.80. The first-order valence-electron chi connectivity index (χ1n) is 9.76. The molecule has 0 aliphatic rings. The Hall–Kier alpha value is -3.85. The lowest BCUT2D eigenvalue weighted by atomic mass is 10.1. The van der Waals surface area contributed by atoms with E-state index >= 15 is 0 Å². The van der Waals surface area contributed by atoms with Gasteiger partial charge in [0.25, 0.3) is 11.8 Å². The van der Waals surface area contributed by atoms with Crippen molar-refractivity contribution in [2.24, 2.45) is 5.10 Å². The van der Waals surface area contributed by atoms with Gasteiger partial charge in [0.1, 0.15) is 11.6 Å². The van der Waals surface area contributed by atoms with Gasteiger partial charge in [-0.1, -0.05) is 33.6 Å². The van der Waals surface area contributed by atoms with Gasteiger partial charge in [-0.2, -0.15) is 5.10 Å². The normalized spacial score (nSPS) is 10.6. The molecule has 2 N–H and O–H groups in total. The van der Waals surface area contributed by atoms with E-state index in [1.165, 1.54) is 18.3 Å². The van der Waals surface area contributed by atoms with Crippen molar-refractivity contribution in [2.75, 3.05) is 6.54 Å². The van der Waals surface area contributed by atoms with E-state index in [4.69, 9.17) is 4.74 Å². The van der Waals surface area contributed by atoms with E-state index in [0.717, 1.165) is 22.2 Å². The van der Waals surface area contributed by atoms with Gasteiger partial charge in [0.2, 0.25) is 0 Å². The molecule has 0 bridgehead atoms. The van der Waals surface area contributed by atoms with Gasteiger partial charge in [-0.25, -0.2) is 14.6 Å². The Kier molecular flexibility index (Phi) is 8.04. The van der Waals surface area contributed by atoms with Crippen molar-refractivity contribution < 1.29 is 23.5 Å². The molecule has 0 aliphatic carbocycles. The topological polar surface area (TPSA) is 96.9 Å². The third-order valence-corrected chi connectivity index (χ3v) is 4.86. The minimum absolute atomic E-state index is 0.224. The molecule has 0 atom stereocenters. The van der Waals surface area contributed by atoms with E-state index in [1.54, 1.807) is 30.3 Å². The molecule has 0 aromatic heterocycles. The first kappa shape index (κ1) is 23.8. The van der Waals surface area contributed by atoms with Gasteiger partial charge < -0.3 is 10.1 Å². The molecule has 33 heavy (non-hydrogen) atoms. The molecule has 7 nitrogen and oxygen atoms in total. The van der Waals surface area contributed by atoms with Gasteiger partial charge in [0.05, 0.1) is 18.3 Å². The number of carbonyl (C=O) groups excluding carboxylic acids is 3. The molecule has 0 unspecified atom stereocenters. The second-order valence-corrected chi connectivity index (χ2v) is 7.84. The summed E-state index contributed by atoms with van der Waals surface area (Å²) in [6.45, 7) is 1.59. The zero-order valence-corrected chi connectivity index (χ0v) is 19.1. The van der Waals surface area contributed by atoms with E-state index in [2.05, 4.69) is 31.8 Å². The Morgan fingerprint density at radius 1 is 1.00 bits per heavy atom. The van der Waals surface area contributed by atoms with Crippen molar-refractivity contribution in [1.82, 2.24) is 10.7 Å². The Labute approximate surface area is 197 Å². The van der Waals surface area contributed by atoms with Crippen LogP contribution in [-0.2, 0) is 4.79 Å². The SMILES string of the molecule is Cc1ccc(C(=O)Oc2ccc(Br)cc2/C=N/NC(=O)CNC(=O)c2ccc(F)cc2)cc1. The Balaban J connectivity index is 1.58. The largest absolute Gasteiger partial charge is 0.422 e. The predicted octanol–water partition coefficient (Wildman–Crippen LogP) is 4.00. The average molecular weight is 512 g/mol. The summed E-state index contributed by atoms with van der Waals surface area (Å²) in [5, 5.41) is 6.27. The van der Waals surface area contributed by atoms with Crippen LogP contribution in [-0.4, -0.2) is 30.5 Å². The lowest BCUT2D eigenvalue weighted by molar-refractivity contribution is -0.120. The number of amides is 2. The first-order valence-corrected chi connectivity index (χ1v) is 10.5. The van der Waals surface area contributed by atoms with E-state index in [1.807, 2.05) is 19.1 Å². The molecule has 9 heteroatoms. The highest BCUT2D eigenvalue weighted by molar-refractivity contribution is 9.10. The quantitative estimate of drug-likeness (QED) is 0.217. The second kappa shape index (κ2) is 11.1. The molecule has 0 aliphatic heterocycles. The monoisotopic (exact) mass is 511 g/mol. The van der Waals surface area contributed by atoms with Crippen LogP contribution in [0.3, 0.4) is 0 Å². The van der Waals surface area contributed by atoms with Gasteiger partial charge in [0, 0.05) is 15.6 Å². The number of ether oxygens (including phenoxy) is 1. The lowest BCUT2D eigenvalue weighted by Gasteiger charge is -2.08. The van der Waals surface area contributed by atoms with Crippen LogP contribution in [0, 0.1) is 12.7 Å². The summed E-state index contributed by atoms with van der Waals surface area (Å²) in [5.74, 6) is -1.83. The molecule has 0 saturated heterocycles. The summed E-state index contributed by atoms with van der Waals surface area (Å²) >= 11 is 3.34. The minimum atomic E-state index is -0.574. The number of nitrogens with zero attached hydrogens (tertiary/aromatic N) is 1. The van der Waals surface area contributed by atoms with E-state index in [0.29, 0.717) is 11.1 Å². The zero-order valence-electron chi connectivity index (χ0n) is 17.5. The summed E-state index contributed by atoms with van der Waals surface area (Å²) in [7, 11) is 0. The van der Waals surface area contributed by atoms with Crippen LogP contribution in [0.4, 0.5) is 4.39 Å². The van der Waals surface area contributed by atoms with Crippen LogP contribution >= 0.6 is 15.9 Å². The van der Waals surface area contributed by atoms with Crippen LogP contribution in [0.5, 0.6) is 5.75 Å². The van der Waals surface area contributed by atoms with Gasteiger partial charge in [-0.15, -0.1) is 0 Å². The molecule has 3 aromatic carbocycles. The summed E-state index contributed by atoms with van der Waals surface area (Å²) < 4.78 is 19.1. The second-order valence-electron chi connectivity index (χ2n) is 6.92. The van der Waals surface area contributed by atoms with Crippen LogP contribution in [0.25, 0.3) is 0 Å². The Morgan fingerprint density at radius 3 is 2.36 bits per heavy atom. The van der Waals surface area contributed by atoms with Gasteiger partial charge in [-0.05, 0) is 61.5 Å². The van der Waals surface area contributed by atoms with E-state index in [9.17, 15) is 18.8 Å². The van der Waals surface area contributed by atoms with Crippen molar-refractivity contribution in [2.45, 2.75) is 6.92 Å². The Bertz CT molecular complexity index is 1200. The highest BCUT2D eigenvalue weighted by atomic mass is 79.9. The van der Waals surface area contributed by atoms with Crippen molar-refractivity contribution in [3.05, 3.63) is 99.3 Å². The number of nitrogens with one attached hydrogen (secondary N) is 2. The molecule has 3 rings (SSSR count). The molecule has 0 heterocycles. The number of hydrazone groups is 1. The van der Waals surface area contributed by atoms with Crippen LogP contribution in [0.15, 0.2) is 76.3 Å². The van der Waals surface area contributed by atoms with Gasteiger partial charge in [0.15, 0.2) is 0 Å². The number of benzene rings is 3. The maximum Gasteiger partial charge on any atom is 0.343 e. The smallest absolute Gasteiger partial charge is 0.343 e. The van der Waals surface area contributed by atoms with Crippen LogP contribution < -0.4 is 15.5 Å². The highest BCUT2D eigenvalue weighted by Crippen LogP contribution is 2.23. The highest BCUT2D eigenvalue weighted by Gasteiger charge is 2.12. The molecule has 0 spiro atoms. The van der Waals surface area contributed by atoms with Crippen molar-refractivity contribution in [3.63, 3.8) is 0 Å². The maximum absolute atomic E-state index is 12.9. The van der Waals surface area contributed by atoms with Crippen molar-refractivity contribution in [1.29, 1.82) is 0 Å². The number of aryl methyl sites for hydroxylation is 1. The fourth-order valence-electron chi connectivity index (χ4n) is 2.64. The fraction of sp³-hybridized carbons (Fsp3) is 0.0833. The molecular weight excluding hydrogens is 493 g/mol. The standard InChI is InChI=1S/C24H19BrFN3O4/c1-15-2-4-17(5-3-15)24(32)33-21-11-8-19(25)12-18(21)13-28-29-22(30)14-27-23(31)16-6-9-20(26)10-7-16/h2-13H,14H2,1H3,(H,27,31)(H,29,30)/b28-13+. The molecule has 0 fully saturated rings. The number of esters is 1. The Morgan fingerprint density at radius 2 is 1.67 bits per heavy atom. The third kappa shape index (κ3) is 7.08. The third-order valence-electron chi connectivity index (χ3n) is 4.37. The first-order chi connectivity index (χ1) is 15.8. The molecule has 0 saturated carbocycles.